The zero-order valence-electron chi connectivity index (χ0n) is 19.1. The van der Waals surface area contributed by atoms with Crippen LogP contribution in [0.3, 0.4) is 0 Å². The number of hydrogen-bond donors (Lipinski definition) is 2. The molecule has 0 radical (unpaired) electrons. The Kier molecular flexibility index (Phi) is 4.79. The van der Waals surface area contributed by atoms with E-state index in [-0.39, 0.29) is 34.4 Å². The first-order valence-electron chi connectivity index (χ1n) is 11.1. The third-order valence-electron chi connectivity index (χ3n) is 8.81. The first-order chi connectivity index (χ1) is 12.8. The van der Waals surface area contributed by atoms with Crippen molar-refractivity contribution in [2.75, 3.05) is 53.4 Å². The Balaban J connectivity index is 1.38. The Labute approximate surface area is 171 Å². The Morgan fingerprint density at radius 2 is 1.43 bits per heavy atom. The monoisotopic (exact) mass is 394 g/mol. The van der Waals surface area contributed by atoms with E-state index in [0.717, 1.165) is 52.1 Å². The molecule has 4 aliphatic rings. The zero-order chi connectivity index (χ0) is 20.7. The van der Waals surface area contributed by atoms with Gasteiger partial charge in [-0.15, -0.1) is 0 Å². The average molecular weight is 395 g/mol. The van der Waals surface area contributed by atoms with Crippen molar-refractivity contribution in [1.82, 2.24) is 19.6 Å². The van der Waals surface area contributed by atoms with Crippen LogP contribution < -0.4 is 0 Å². The molecule has 4 saturated heterocycles. The fourth-order valence-corrected chi connectivity index (χ4v) is 6.32. The van der Waals surface area contributed by atoms with Gasteiger partial charge in [0.05, 0.1) is 23.3 Å². The van der Waals surface area contributed by atoms with Crippen molar-refractivity contribution in [3.8, 4) is 0 Å². The van der Waals surface area contributed by atoms with Crippen LogP contribution in [0.1, 0.15) is 47.5 Å². The summed E-state index contributed by atoms with van der Waals surface area (Å²) in [5.41, 5.74) is 0.111. The van der Waals surface area contributed by atoms with E-state index in [1.165, 1.54) is 0 Å². The SMILES string of the molecule is CN1CC[C@@H](O)C12CN(C(C)(C)CC1CN(C)C3(CN(C(C)(C)C)C3)[C@H]1O)C2. The van der Waals surface area contributed by atoms with Gasteiger partial charge in [0.2, 0.25) is 0 Å². The zero-order valence-corrected chi connectivity index (χ0v) is 19.1. The summed E-state index contributed by atoms with van der Waals surface area (Å²) < 4.78 is 0. The van der Waals surface area contributed by atoms with Gasteiger partial charge in [-0.1, -0.05) is 0 Å². The second-order valence-electron chi connectivity index (χ2n) is 11.9. The van der Waals surface area contributed by atoms with Crippen molar-refractivity contribution in [2.45, 2.75) is 81.8 Å². The van der Waals surface area contributed by atoms with Gasteiger partial charge in [0, 0.05) is 56.3 Å². The minimum absolute atomic E-state index is 0.0369. The summed E-state index contributed by atoms with van der Waals surface area (Å²) in [5, 5.41) is 21.8. The first-order valence-corrected chi connectivity index (χ1v) is 11.1. The first kappa shape index (κ1) is 21.0. The number of likely N-dealkylation sites (tertiary alicyclic amines) is 4. The van der Waals surface area contributed by atoms with Crippen molar-refractivity contribution >= 4 is 0 Å². The Morgan fingerprint density at radius 1 is 0.857 bits per heavy atom. The van der Waals surface area contributed by atoms with Crippen LogP contribution in [-0.2, 0) is 0 Å². The predicted octanol–water partition coefficient (Wildman–Crippen LogP) is 0.681. The van der Waals surface area contributed by atoms with Crippen molar-refractivity contribution in [3.63, 3.8) is 0 Å². The lowest BCUT2D eigenvalue weighted by Gasteiger charge is -2.60. The second kappa shape index (κ2) is 6.38. The highest BCUT2D eigenvalue weighted by atomic mass is 16.3. The maximum Gasteiger partial charge on any atom is 0.0789 e. The van der Waals surface area contributed by atoms with Crippen molar-refractivity contribution in [1.29, 1.82) is 0 Å². The minimum atomic E-state index is -0.259. The van der Waals surface area contributed by atoms with Gasteiger partial charge >= 0.3 is 0 Å². The maximum absolute atomic E-state index is 11.3. The number of aliphatic hydroxyl groups is 2. The molecule has 4 fully saturated rings. The van der Waals surface area contributed by atoms with Gasteiger partial charge in [0.15, 0.2) is 0 Å². The Hall–Kier alpha value is -0.240. The predicted molar refractivity (Wildman–Crippen MR) is 112 cm³/mol. The maximum atomic E-state index is 11.3. The standard InChI is InChI=1S/C22H42N4O2/c1-19(2,3)25-14-22(15-25)18(28)16(11-24(22)7)10-20(4,5)26-12-21(13-26)17(27)8-9-23(21)6/h16-18,27-28H,8-15H2,1-7H3/t16?,17-,18+/m1/s1. The van der Waals surface area contributed by atoms with Crippen LogP contribution in [0.5, 0.6) is 0 Å². The largest absolute Gasteiger partial charge is 0.391 e. The Bertz CT molecular complexity index is 592. The van der Waals surface area contributed by atoms with Crippen LogP contribution in [0.15, 0.2) is 0 Å². The molecule has 0 saturated carbocycles. The molecule has 2 spiro atoms. The number of hydrogen-bond acceptors (Lipinski definition) is 6. The lowest BCUT2D eigenvalue weighted by atomic mass is 9.74. The quantitative estimate of drug-likeness (QED) is 0.734. The van der Waals surface area contributed by atoms with Gasteiger partial charge in [0.25, 0.3) is 0 Å². The van der Waals surface area contributed by atoms with E-state index in [1.807, 2.05) is 0 Å². The summed E-state index contributed by atoms with van der Waals surface area (Å²) in [5.74, 6) is 0.310. The van der Waals surface area contributed by atoms with Gasteiger partial charge in [0.1, 0.15) is 0 Å². The molecule has 2 N–H and O–H groups in total. The molecule has 4 rings (SSSR count). The van der Waals surface area contributed by atoms with E-state index in [2.05, 4.69) is 68.3 Å². The molecular weight excluding hydrogens is 352 g/mol. The topological polar surface area (TPSA) is 53.4 Å². The van der Waals surface area contributed by atoms with Crippen LogP contribution in [0, 0.1) is 5.92 Å². The molecule has 4 heterocycles. The van der Waals surface area contributed by atoms with Gasteiger partial charge < -0.3 is 10.2 Å². The number of nitrogens with zero attached hydrogens (tertiary/aromatic N) is 4. The van der Waals surface area contributed by atoms with E-state index < -0.39 is 0 Å². The highest BCUT2D eigenvalue weighted by Crippen LogP contribution is 2.47. The van der Waals surface area contributed by atoms with Crippen LogP contribution in [0.2, 0.25) is 0 Å². The van der Waals surface area contributed by atoms with Crippen molar-refractivity contribution < 1.29 is 10.2 Å². The van der Waals surface area contributed by atoms with E-state index in [4.69, 9.17) is 0 Å². The average Bonchev–Trinajstić information content (AvgIpc) is 2.89. The van der Waals surface area contributed by atoms with E-state index in [9.17, 15) is 10.2 Å². The Morgan fingerprint density at radius 3 is 1.93 bits per heavy atom. The molecule has 0 aromatic heterocycles. The minimum Gasteiger partial charge on any atom is -0.391 e. The molecule has 3 atom stereocenters. The molecule has 4 aliphatic heterocycles. The van der Waals surface area contributed by atoms with Crippen molar-refractivity contribution in [3.05, 3.63) is 0 Å². The lowest BCUT2D eigenvalue weighted by molar-refractivity contribution is -0.130. The van der Waals surface area contributed by atoms with Gasteiger partial charge in [-0.2, -0.15) is 0 Å². The summed E-state index contributed by atoms with van der Waals surface area (Å²) in [4.78, 5) is 9.79. The third kappa shape index (κ3) is 2.90. The lowest BCUT2D eigenvalue weighted by Crippen LogP contribution is -2.75. The summed E-state index contributed by atoms with van der Waals surface area (Å²) in [6.45, 7) is 17.2. The summed E-state index contributed by atoms with van der Waals surface area (Å²) in [6, 6.07) is 0. The smallest absolute Gasteiger partial charge is 0.0789 e. The molecule has 0 aromatic carbocycles. The van der Waals surface area contributed by atoms with Gasteiger partial charge in [-0.25, -0.2) is 0 Å². The van der Waals surface area contributed by atoms with Crippen LogP contribution >= 0.6 is 0 Å². The molecule has 28 heavy (non-hydrogen) atoms. The molecule has 0 aromatic rings. The summed E-state index contributed by atoms with van der Waals surface area (Å²) in [7, 11) is 4.34. The van der Waals surface area contributed by atoms with E-state index in [0.29, 0.717) is 5.92 Å². The molecule has 162 valence electrons. The van der Waals surface area contributed by atoms with Crippen LogP contribution in [-0.4, -0.2) is 118 Å². The molecule has 6 heteroatoms. The van der Waals surface area contributed by atoms with Gasteiger partial charge in [-0.05, 0) is 61.6 Å². The fraction of sp³-hybridized carbons (Fsp3) is 1.00. The van der Waals surface area contributed by atoms with Gasteiger partial charge in [-0.3, -0.25) is 19.6 Å². The number of likely N-dealkylation sites (N-methyl/N-ethyl adjacent to an activating group) is 2. The summed E-state index contributed by atoms with van der Waals surface area (Å²) in [6.07, 6.45) is 1.44. The van der Waals surface area contributed by atoms with E-state index in [1.54, 1.807) is 0 Å². The molecule has 6 nitrogen and oxygen atoms in total. The van der Waals surface area contributed by atoms with Crippen molar-refractivity contribution in [2.24, 2.45) is 5.92 Å². The van der Waals surface area contributed by atoms with Crippen LogP contribution in [0.4, 0.5) is 0 Å². The molecule has 1 unspecified atom stereocenters. The number of rotatable bonds is 3. The molecular formula is C22H42N4O2. The summed E-state index contributed by atoms with van der Waals surface area (Å²) >= 11 is 0. The highest BCUT2D eigenvalue weighted by molar-refractivity contribution is 5.18. The molecule has 0 amide bonds. The molecule has 0 aliphatic carbocycles. The van der Waals surface area contributed by atoms with Crippen LogP contribution in [0.25, 0.3) is 0 Å². The number of aliphatic hydroxyl groups excluding tert-OH is 2. The van der Waals surface area contributed by atoms with E-state index >= 15 is 0 Å². The second-order valence-corrected chi connectivity index (χ2v) is 11.9. The molecule has 0 bridgehead atoms. The third-order valence-corrected chi connectivity index (χ3v) is 8.81. The fourth-order valence-electron chi connectivity index (χ4n) is 6.32. The normalized spacial score (nSPS) is 37.0. The highest BCUT2D eigenvalue weighted by Gasteiger charge is 2.62.